The number of rotatable bonds is 7. The van der Waals surface area contributed by atoms with E-state index >= 15 is 0 Å². The summed E-state index contributed by atoms with van der Waals surface area (Å²) in [4.78, 5) is 12.0. The van der Waals surface area contributed by atoms with Crippen LogP contribution in [0.25, 0.3) is 0 Å². The van der Waals surface area contributed by atoms with Crippen molar-refractivity contribution >= 4 is 23.1 Å². The van der Waals surface area contributed by atoms with Gasteiger partial charge in [0.1, 0.15) is 6.61 Å². The molecule has 0 aromatic carbocycles. The quantitative estimate of drug-likeness (QED) is 0.557. The first kappa shape index (κ1) is 18.2. The van der Waals surface area contributed by atoms with E-state index in [9.17, 15) is 18.0 Å². The number of halogens is 3. The summed E-state index contributed by atoms with van der Waals surface area (Å²) in [5, 5.41) is 2.72. The topological polar surface area (TPSA) is 64.3 Å². The fourth-order valence-electron chi connectivity index (χ4n) is 2.49. The molecule has 1 aliphatic rings. The SMILES string of the molecule is NC(=S)C(NC(=O)CCOCC(F)(F)F)C1CCCCC1. The number of ether oxygens (including phenoxy) is 1. The Hall–Kier alpha value is -0.890. The van der Waals surface area contributed by atoms with E-state index in [1.54, 1.807) is 0 Å². The Labute approximate surface area is 127 Å². The Morgan fingerprint density at radius 2 is 1.95 bits per heavy atom. The fourth-order valence-corrected chi connectivity index (χ4v) is 2.74. The Balaban J connectivity index is 2.33. The molecule has 1 unspecified atom stereocenters. The molecular formula is C13H21F3N2O2S. The van der Waals surface area contributed by atoms with Gasteiger partial charge in [-0.3, -0.25) is 4.79 Å². The highest BCUT2D eigenvalue weighted by molar-refractivity contribution is 7.80. The van der Waals surface area contributed by atoms with Crippen molar-refractivity contribution < 1.29 is 22.7 Å². The predicted octanol–water partition coefficient (Wildman–Crippen LogP) is 2.31. The number of hydrogen-bond donors (Lipinski definition) is 2. The average molecular weight is 326 g/mol. The van der Waals surface area contributed by atoms with Gasteiger partial charge in [-0.15, -0.1) is 0 Å². The zero-order valence-electron chi connectivity index (χ0n) is 11.7. The molecule has 1 aliphatic carbocycles. The van der Waals surface area contributed by atoms with E-state index in [2.05, 4.69) is 10.1 Å². The third-order valence-corrected chi connectivity index (χ3v) is 3.74. The second kappa shape index (κ2) is 8.53. The first-order valence-electron chi connectivity index (χ1n) is 7.03. The highest BCUT2D eigenvalue weighted by atomic mass is 32.1. The summed E-state index contributed by atoms with van der Waals surface area (Å²) in [6.07, 6.45) is 0.712. The number of hydrogen-bond acceptors (Lipinski definition) is 3. The normalized spacial score (nSPS) is 18.2. The molecule has 1 atom stereocenters. The van der Waals surface area contributed by atoms with Crippen molar-refractivity contribution in [3.8, 4) is 0 Å². The van der Waals surface area contributed by atoms with Crippen LogP contribution in [0, 0.1) is 5.92 Å². The summed E-state index contributed by atoms with van der Waals surface area (Å²) >= 11 is 4.98. The minimum atomic E-state index is -4.38. The summed E-state index contributed by atoms with van der Waals surface area (Å²) < 4.78 is 40.0. The van der Waals surface area contributed by atoms with Gasteiger partial charge in [-0.05, 0) is 18.8 Å². The minimum absolute atomic E-state index is 0.137. The minimum Gasteiger partial charge on any atom is -0.392 e. The average Bonchev–Trinajstić information content (AvgIpc) is 2.40. The lowest BCUT2D eigenvalue weighted by atomic mass is 9.84. The molecule has 122 valence electrons. The molecule has 1 saturated carbocycles. The molecule has 3 N–H and O–H groups in total. The molecule has 4 nitrogen and oxygen atoms in total. The number of amides is 1. The maximum Gasteiger partial charge on any atom is 0.411 e. The number of thiocarbonyl (C=S) groups is 1. The van der Waals surface area contributed by atoms with Crippen LogP contribution in [0.5, 0.6) is 0 Å². The van der Waals surface area contributed by atoms with Gasteiger partial charge >= 0.3 is 6.18 Å². The van der Waals surface area contributed by atoms with E-state index in [0.29, 0.717) is 0 Å². The van der Waals surface area contributed by atoms with Gasteiger partial charge in [-0.1, -0.05) is 31.5 Å². The van der Waals surface area contributed by atoms with Crippen LogP contribution in [0.4, 0.5) is 13.2 Å². The summed E-state index contributed by atoms with van der Waals surface area (Å²) in [6, 6.07) is -0.379. The maximum absolute atomic E-state index is 11.9. The molecule has 21 heavy (non-hydrogen) atoms. The molecule has 0 aromatic rings. The molecule has 1 rings (SSSR count). The Morgan fingerprint density at radius 1 is 1.33 bits per heavy atom. The molecule has 0 aliphatic heterocycles. The number of nitrogens with one attached hydrogen (secondary N) is 1. The molecule has 1 amide bonds. The van der Waals surface area contributed by atoms with Crippen molar-refractivity contribution in [1.29, 1.82) is 0 Å². The van der Waals surface area contributed by atoms with Crippen molar-refractivity contribution in [2.75, 3.05) is 13.2 Å². The summed E-state index contributed by atoms with van der Waals surface area (Å²) in [6.45, 7) is -1.62. The van der Waals surface area contributed by atoms with Crippen molar-refractivity contribution in [3.05, 3.63) is 0 Å². The Kier molecular flexibility index (Phi) is 7.37. The van der Waals surface area contributed by atoms with Crippen molar-refractivity contribution in [2.45, 2.75) is 50.7 Å². The summed E-state index contributed by atoms with van der Waals surface area (Å²) in [5.41, 5.74) is 5.66. The third-order valence-electron chi connectivity index (χ3n) is 3.48. The van der Waals surface area contributed by atoms with Crippen LogP contribution in [0.3, 0.4) is 0 Å². The maximum atomic E-state index is 11.9. The van der Waals surface area contributed by atoms with Crippen LogP contribution in [-0.2, 0) is 9.53 Å². The third kappa shape index (κ3) is 7.61. The standard InChI is InChI=1S/C13H21F3N2O2S/c14-13(15,16)8-20-7-6-10(19)18-11(12(17)21)9-4-2-1-3-5-9/h9,11H,1-8H2,(H2,17,21)(H,18,19). The van der Waals surface area contributed by atoms with Gasteiger partial charge in [0.25, 0.3) is 0 Å². The van der Waals surface area contributed by atoms with E-state index in [1.807, 2.05) is 0 Å². The summed E-state index contributed by atoms with van der Waals surface area (Å²) in [5.74, 6) is -0.170. The van der Waals surface area contributed by atoms with E-state index in [0.717, 1.165) is 25.7 Å². The number of carbonyl (C=O) groups is 1. The fraction of sp³-hybridized carbons (Fsp3) is 0.846. The van der Waals surface area contributed by atoms with Gasteiger partial charge in [-0.2, -0.15) is 13.2 Å². The second-order valence-electron chi connectivity index (χ2n) is 5.26. The van der Waals surface area contributed by atoms with Crippen LogP contribution in [0.15, 0.2) is 0 Å². The molecule has 0 saturated heterocycles. The highest BCUT2D eigenvalue weighted by Crippen LogP contribution is 2.26. The number of carbonyl (C=O) groups excluding carboxylic acids is 1. The Morgan fingerprint density at radius 3 is 2.48 bits per heavy atom. The zero-order chi connectivity index (χ0) is 15.9. The first-order valence-corrected chi connectivity index (χ1v) is 7.43. The molecular weight excluding hydrogens is 305 g/mol. The van der Waals surface area contributed by atoms with Crippen LogP contribution >= 0.6 is 12.2 Å². The summed E-state index contributed by atoms with van der Waals surface area (Å²) in [7, 11) is 0. The smallest absolute Gasteiger partial charge is 0.392 e. The molecule has 0 heterocycles. The lowest BCUT2D eigenvalue weighted by Crippen LogP contribution is -2.49. The van der Waals surface area contributed by atoms with Crippen molar-refractivity contribution in [2.24, 2.45) is 11.7 Å². The van der Waals surface area contributed by atoms with Crippen LogP contribution in [0.1, 0.15) is 38.5 Å². The van der Waals surface area contributed by atoms with Crippen LogP contribution < -0.4 is 11.1 Å². The molecule has 0 radical (unpaired) electrons. The van der Waals surface area contributed by atoms with E-state index < -0.39 is 12.8 Å². The van der Waals surface area contributed by atoms with E-state index in [1.165, 1.54) is 6.42 Å². The van der Waals surface area contributed by atoms with E-state index in [4.69, 9.17) is 18.0 Å². The lowest BCUT2D eigenvalue weighted by molar-refractivity contribution is -0.174. The van der Waals surface area contributed by atoms with Gasteiger partial charge < -0.3 is 15.8 Å². The number of nitrogens with two attached hydrogens (primary N) is 1. The zero-order valence-corrected chi connectivity index (χ0v) is 12.6. The number of alkyl halides is 3. The Bertz CT molecular complexity index is 358. The van der Waals surface area contributed by atoms with Crippen molar-refractivity contribution in [3.63, 3.8) is 0 Å². The van der Waals surface area contributed by atoms with Gasteiger partial charge in [0.2, 0.25) is 5.91 Å². The van der Waals surface area contributed by atoms with Crippen LogP contribution in [-0.4, -0.2) is 36.3 Å². The first-order chi connectivity index (χ1) is 9.79. The van der Waals surface area contributed by atoms with Gasteiger partial charge in [0.05, 0.1) is 17.6 Å². The predicted molar refractivity (Wildman–Crippen MR) is 76.8 cm³/mol. The van der Waals surface area contributed by atoms with Gasteiger partial charge in [-0.25, -0.2) is 0 Å². The molecule has 8 heteroatoms. The highest BCUT2D eigenvalue weighted by Gasteiger charge is 2.28. The van der Waals surface area contributed by atoms with Crippen LogP contribution in [0.2, 0.25) is 0 Å². The lowest BCUT2D eigenvalue weighted by Gasteiger charge is -2.30. The van der Waals surface area contributed by atoms with Gasteiger partial charge in [0, 0.05) is 6.42 Å². The van der Waals surface area contributed by atoms with E-state index in [-0.39, 0.29) is 35.9 Å². The molecule has 0 bridgehead atoms. The molecule has 0 spiro atoms. The van der Waals surface area contributed by atoms with Gasteiger partial charge in [0.15, 0.2) is 0 Å². The van der Waals surface area contributed by atoms with Crippen molar-refractivity contribution in [1.82, 2.24) is 5.32 Å². The second-order valence-corrected chi connectivity index (χ2v) is 5.73. The molecule has 0 aromatic heterocycles. The largest absolute Gasteiger partial charge is 0.411 e. The molecule has 1 fully saturated rings. The monoisotopic (exact) mass is 326 g/mol.